The lowest BCUT2D eigenvalue weighted by molar-refractivity contribution is 0.601. The van der Waals surface area contributed by atoms with Crippen molar-refractivity contribution in [1.82, 2.24) is 9.78 Å². The third-order valence-electron chi connectivity index (χ3n) is 2.26. The first-order valence-corrected chi connectivity index (χ1v) is 6.51. The van der Waals surface area contributed by atoms with E-state index in [9.17, 15) is 8.42 Å². The maximum Gasteiger partial charge on any atom is 0.265 e. The smallest absolute Gasteiger partial charge is 0.265 e. The zero-order valence-electron chi connectivity index (χ0n) is 9.53. The molecular formula is C11H10N4O2S. The van der Waals surface area contributed by atoms with Crippen molar-refractivity contribution >= 4 is 15.7 Å². The highest BCUT2D eigenvalue weighted by atomic mass is 32.2. The molecule has 0 amide bonds. The second-order valence-electron chi connectivity index (χ2n) is 3.64. The first-order chi connectivity index (χ1) is 8.51. The van der Waals surface area contributed by atoms with E-state index in [2.05, 4.69) is 9.82 Å². The zero-order valence-corrected chi connectivity index (χ0v) is 10.3. The fourth-order valence-electron chi connectivity index (χ4n) is 1.36. The van der Waals surface area contributed by atoms with Gasteiger partial charge in [0, 0.05) is 18.9 Å². The van der Waals surface area contributed by atoms with Gasteiger partial charge in [0.15, 0.2) is 0 Å². The molecule has 18 heavy (non-hydrogen) atoms. The molecule has 0 aliphatic rings. The summed E-state index contributed by atoms with van der Waals surface area (Å²) >= 11 is 0. The van der Waals surface area contributed by atoms with Gasteiger partial charge in [0.2, 0.25) is 0 Å². The molecule has 92 valence electrons. The normalized spacial score (nSPS) is 10.9. The van der Waals surface area contributed by atoms with Gasteiger partial charge in [-0.25, -0.2) is 8.42 Å². The number of hydrogen-bond donors (Lipinski definition) is 1. The second-order valence-corrected chi connectivity index (χ2v) is 5.33. The summed E-state index contributed by atoms with van der Waals surface area (Å²) in [5, 5.41) is 12.4. The summed E-state index contributed by atoms with van der Waals surface area (Å²) in [6, 6.07) is 8.12. The minimum atomic E-state index is -3.63. The predicted octanol–water partition coefficient (Wildman–Crippen LogP) is 1.09. The fraction of sp³-hybridized carbons (Fsp3) is 0.0909. The van der Waals surface area contributed by atoms with Crippen LogP contribution in [-0.4, -0.2) is 18.2 Å². The van der Waals surface area contributed by atoms with Crippen LogP contribution in [0.3, 0.4) is 0 Å². The Labute approximate surface area is 105 Å². The molecular weight excluding hydrogens is 252 g/mol. The van der Waals surface area contributed by atoms with Crippen LogP contribution in [0.25, 0.3) is 0 Å². The highest BCUT2D eigenvalue weighted by molar-refractivity contribution is 7.92. The molecule has 0 saturated heterocycles. The molecule has 1 heterocycles. The SMILES string of the molecule is Cn1cc(S(=O)(=O)Nc2ccc(C#N)cc2)cn1. The topological polar surface area (TPSA) is 87.8 Å². The van der Waals surface area contributed by atoms with Gasteiger partial charge in [-0.05, 0) is 24.3 Å². The van der Waals surface area contributed by atoms with Gasteiger partial charge in [0.1, 0.15) is 4.90 Å². The summed E-state index contributed by atoms with van der Waals surface area (Å²) in [5.41, 5.74) is 0.872. The lowest BCUT2D eigenvalue weighted by atomic mass is 10.2. The number of nitrogens with zero attached hydrogens (tertiary/aromatic N) is 3. The number of nitrogens with one attached hydrogen (secondary N) is 1. The summed E-state index contributed by atoms with van der Waals surface area (Å²) < 4.78 is 27.7. The van der Waals surface area contributed by atoms with E-state index < -0.39 is 10.0 Å². The first-order valence-electron chi connectivity index (χ1n) is 5.03. The Hall–Kier alpha value is -2.33. The summed E-state index contributed by atoms with van der Waals surface area (Å²) in [6.45, 7) is 0. The summed E-state index contributed by atoms with van der Waals surface area (Å²) in [7, 11) is -1.99. The highest BCUT2D eigenvalue weighted by Gasteiger charge is 2.15. The van der Waals surface area contributed by atoms with E-state index in [0.717, 1.165) is 0 Å². The average molecular weight is 262 g/mol. The predicted molar refractivity (Wildman–Crippen MR) is 65.2 cm³/mol. The lowest BCUT2D eigenvalue weighted by Gasteiger charge is -2.05. The van der Waals surface area contributed by atoms with Gasteiger partial charge in [0.25, 0.3) is 10.0 Å². The largest absolute Gasteiger partial charge is 0.280 e. The first kappa shape index (κ1) is 12.1. The molecule has 7 heteroatoms. The molecule has 1 aromatic carbocycles. The number of nitriles is 1. The molecule has 0 saturated carbocycles. The molecule has 0 fully saturated rings. The molecule has 1 aromatic heterocycles. The van der Waals surface area contributed by atoms with Crippen molar-refractivity contribution in [1.29, 1.82) is 5.26 Å². The van der Waals surface area contributed by atoms with Crippen LogP contribution in [0.15, 0.2) is 41.6 Å². The van der Waals surface area contributed by atoms with Gasteiger partial charge >= 0.3 is 0 Å². The van der Waals surface area contributed by atoms with Crippen molar-refractivity contribution < 1.29 is 8.42 Å². The van der Waals surface area contributed by atoms with Gasteiger partial charge in [-0.3, -0.25) is 9.40 Å². The lowest BCUT2D eigenvalue weighted by Crippen LogP contribution is -2.12. The van der Waals surface area contributed by atoms with E-state index in [4.69, 9.17) is 5.26 Å². The number of rotatable bonds is 3. The van der Waals surface area contributed by atoms with E-state index >= 15 is 0 Å². The van der Waals surface area contributed by atoms with Crippen LogP contribution >= 0.6 is 0 Å². The van der Waals surface area contributed by atoms with Gasteiger partial charge < -0.3 is 0 Å². The van der Waals surface area contributed by atoms with Crippen LogP contribution in [0, 0.1) is 11.3 Å². The molecule has 0 spiro atoms. The number of anilines is 1. The molecule has 2 rings (SSSR count). The maximum atomic E-state index is 11.9. The van der Waals surface area contributed by atoms with Crippen molar-refractivity contribution in [3.63, 3.8) is 0 Å². The summed E-state index contributed by atoms with van der Waals surface area (Å²) in [4.78, 5) is 0.0920. The van der Waals surface area contributed by atoms with Gasteiger partial charge in [-0.15, -0.1) is 0 Å². The van der Waals surface area contributed by atoms with Gasteiger partial charge in [0.05, 0.1) is 17.8 Å². The molecule has 2 aromatic rings. The van der Waals surface area contributed by atoms with Crippen LogP contribution in [0.5, 0.6) is 0 Å². The average Bonchev–Trinajstić information content (AvgIpc) is 2.77. The molecule has 1 N–H and O–H groups in total. The van der Waals surface area contributed by atoms with E-state index in [1.807, 2.05) is 6.07 Å². The minimum Gasteiger partial charge on any atom is -0.280 e. The Kier molecular flexibility index (Phi) is 3.04. The standard InChI is InChI=1S/C11H10N4O2S/c1-15-8-11(7-13-15)18(16,17)14-10-4-2-9(6-12)3-5-10/h2-5,7-8,14H,1H3. The molecule has 0 aliphatic carbocycles. The molecule has 0 atom stereocenters. The maximum absolute atomic E-state index is 11.9. The number of aromatic nitrogens is 2. The Bertz CT molecular complexity index is 695. The van der Waals surface area contributed by atoms with E-state index in [-0.39, 0.29) is 4.90 Å². The minimum absolute atomic E-state index is 0.0920. The van der Waals surface area contributed by atoms with E-state index in [0.29, 0.717) is 11.3 Å². The molecule has 0 radical (unpaired) electrons. The Morgan fingerprint density at radius 1 is 1.33 bits per heavy atom. The van der Waals surface area contributed by atoms with Crippen LogP contribution < -0.4 is 4.72 Å². The van der Waals surface area contributed by atoms with Crippen LogP contribution in [0.4, 0.5) is 5.69 Å². The number of aryl methyl sites for hydroxylation is 1. The second kappa shape index (κ2) is 4.50. The summed E-state index contributed by atoms with van der Waals surface area (Å²) in [5.74, 6) is 0. The zero-order chi connectivity index (χ0) is 13.2. The number of sulfonamides is 1. The van der Waals surface area contributed by atoms with E-state index in [1.165, 1.54) is 29.2 Å². The fourth-order valence-corrected chi connectivity index (χ4v) is 2.41. The van der Waals surface area contributed by atoms with Crippen molar-refractivity contribution in [2.24, 2.45) is 7.05 Å². The summed E-state index contributed by atoms with van der Waals surface area (Å²) in [6.07, 6.45) is 2.68. The molecule has 0 bridgehead atoms. The van der Waals surface area contributed by atoms with Gasteiger partial charge in [-0.1, -0.05) is 0 Å². The van der Waals surface area contributed by atoms with Crippen molar-refractivity contribution in [3.05, 3.63) is 42.2 Å². The van der Waals surface area contributed by atoms with Crippen LogP contribution in [0.2, 0.25) is 0 Å². The Morgan fingerprint density at radius 3 is 2.50 bits per heavy atom. The van der Waals surface area contributed by atoms with Gasteiger partial charge in [-0.2, -0.15) is 10.4 Å². The molecule has 6 nitrogen and oxygen atoms in total. The number of hydrogen-bond acceptors (Lipinski definition) is 4. The Morgan fingerprint density at radius 2 is 2.00 bits per heavy atom. The van der Waals surface area contributed by atoms with Crippen molar-refractivity contribution in [2.45, 2.75) is 4.90 Å². The van der Waals surface area contributed by atoms with Crippen LogP contribution in [-0.2, 0) is 17.1 Å². The monoisotopic (exact) mass is 262 g/mol. The third kappa shape index (κ3) is 2.49. The molecule has 0 unspecified atom stereocenters. The van der Waals surface area contributed by atoms with E-state index in [1.54, 1.807) is 19.2 Å². The molecule has 0 aliphatic heterocycles. The van der Waals surface area contributed by atoms with Crippen molar-refractivity contribution in [3.8, 4) is 6.07 Å². The third-order valence-corrected chi connectivity index (χ3v) is 3.59. The highest BCUT2D eigenvalue weighted by Crippen LogP contribution is 2.15. The quantitative estimate of drug-likeness (QED) is 0.896. The van der Waals surface area contributed by atoms with Crippen molar-refractivity contribution in [2.75, 3.05) is 4.72 Å². The van der Waals surface area contributed by atoms with Crippen LogP contribution in [0.1, 0.15) is 5.56 Å². The Balaban J connectivity index is 2.25. The number of benzene rings is 1.